The number of aliphatic hydroxyl groups is 1. The third kappa shape index (κ3) is 6.20. The first kappa shape index (κ1) is 20.6. The van der Waals surface area contributed by atoms with Crippen LogP contribution in [0, 0.1) is 0 Å². The Kier molecular flexibility index (Phi) is 7.76. The third-order valence-electron chi connectivity index (χ3n) is 3.76. The zero-order valence-corrected chi connectivity index (χ0v) is 16.3. The molecule has 6 heteroatoms. The first-order chi connectivity index (χ1) is 12.4. The van der Waals surface area contributed by atoms with E-state index in [1.54, 1.807) is 24.3 Å². The predicted molar refractivity (Wildman–Crippen MR) is 105 cm³/mol. The fourth-order valence-electron chi connectivity index (χ4n) is 2.47. The number of aliphatic hydroxyl groups excluding tert-OH is 1. The van der Waals surface area contributed by atoms with Crippen LogP contribution in [0.15, 0.2) is 42.5 Å². The number of nitrogens with one attached hydrogen (secondary N) is 1. The molecular formula is C20H23Cl2NO3. The number of hydrogen-bond acceptors (Lipinski definition) is 3. The van der Waals surface area contributed by atoms with Crippen molar-refractivity contribution in [3.05, 3.63) is 63.6 Å². The molecule has 0 spiro atoms. The summed E-state index contributed by atoms with van der Waals surface area (Å²) in [6, 6.07) is 12.6. The normalized spacial score (nSPS) is 12.1. The summed E-state index contributed by atoms with van der Waals surface area (Å²) in [4.78, 5) is 12.0. The first-order valence-corrected chi connectivity index (χ1v) is 9.26. The fraction of sp³-hybridized carbons (Fsp3) is 0.350. The Morgan fingerprint density at radius 3 is 2.65 bits per heavy atom. The molecule has 0 aliphatic heterocycles. The van der Waals surface area contributed by atoms with Gasteiger partial charge in [-0.1, -0.05) is 47.5 Å². The van der Waals surface area contributed by atoms with Gasteiger partial charge in [-0.2, -0.15) is 0 Å². The van der Waals surface area contributed by atoms with Crippen LogP contribution in [0.4, 0.5) is 0 Å². The van der Waals surface area contributed by atoms with Gasteiger partial charge < -0.3 is 15.2 Å². The van der Waals surface area contributed by atoms with E-state index in [1.165, 1.54) is 0 Å². The highest BCUT2D eigenvalue weighted by Crippen LogP contribution is 2.26. The smallest absolute Gasteiger partial charge is 0.220 e. The van der Waals surface area contributed by atoms with Crippen molar-refractivity contribution in [1.29, 1.82) is 0 Å². The van der Waals surface area contributed by atoms with E-state index in [1.807, 2.05) is 32.0 Å². The summed E-state index contributed by atoms with van der Waals surface area (Å²) in [5.41, 5.74) is 1.52. The minimum atomic E-state index is -0.801. The topological polar surface area (TPSA) is 58.6 Å². The molecular weight excluding hydrogens is 373 g/mol. The van der Waals surface area contributed by atoms with E-state index < -0.39 is 6.10 Å². The van der Waals surface area contributed by atoms with Crippen LogP contribution >= 0.6 is 23.2 Å². The molecule has 0 saturated carbocycles. The Morgan fingerprint density at radius 2 is 1.92 bits per heavy atom. The number of carbonyl (C=O) groups excluding carboxylic acids is 1. The number of amides is 1. The SMILES string of the molecule is CC(C)Oc1cccc(C(O)CNC(=O)CCc2cccc(Cl)c2Cl)c1. The van der Waals surface area contributed by atoms with Crippen molar-refractivity contribution < 1.29 is 14.6 Å². The van der Waals surface area contributed by atoms with E-state index in [0.717, 1.165) is 5.56 Å². The summed E-state index contributed by atoms with van der Waals surface area (Å²) in [6.45, 7) is 4.01. The molecule has 1 unspecified atom stereocenters. The van der Waals surface area contributed by atoms with E-state index in [0.29, 0.717) is 27.8 Å². The maximum atomic E-state index is 12.0. The minimum Gasteiger partial charge on any atom is -0.491 e. The summed E-state index contributed by atoms with van der Waals surface area (Å²) in [5.74, 6) is 0.535. The zero-order valence-electron chi connectivity index (χ0n) is 14.8. The third-order valence-corrected chi connectivity index (χ3v) is 4.62. The summed E-state index contributed by atoms with van der Waals surface area (Å²) in [6.07, 6.45) is 0.00677. The van der Waals surface area contributed by atoms with E-state index >= 15 is 0 Å². The molecule has 4 nitrogen and oxygen atoms in total. The van der Waals surface area contributed by atoms with Gasteiger partial charge in [-0.3, -0.25) is 4.79 Å². The van der Waals surface area contributed by atoms with E-state index in [-0.39, 0.29) is 25.0 Å². The van der Waals surface area contributed by atoms with Crippen LogP contribution in [0.3, 0.4) is 0 Å². The van der Waals surface area contributed by atoms with E-state index in [4.69, 9.17) is 27.9 Å². The molecule has 0 fully saturated rings. The van der Waals surface area contributed by atoms with Crippen LogP contribution in [0.1, 0.15) is 37.5 Å². The van der Waals surface area contributed by atoms with Gasteiger partial charge in [0.15, 0.2) is 0 Å². The molecule has 0 bridgehead atoms. The second-order valence-corrected chi connectivity index (χ2v) is 7.06. The van der Waals surface area contributed by atoms with Crippen LogP contribution in [0.5, 0.6) is 5.75 Å². The van der Waals surface area contributed by atoms with Gasteiger partial charge >= 0.3 is 0 Å². The highest BCUT2D eigenvalue weighted by Gasteiger charge is 2.12. The van der Waals surface area contributed by atoms with Crippen LogP contribution in [0.2, 0.25) is 10.0 Å². The molecule has 1 atom stereocenters. The number of aryl methyl sites for hydroxylation is 1. The van der Waals surface area contributed by atoms with Gasteiger partial charge in [0.25, 0.3) is 0 Å². The van der Waals surface area contributed by atoms with Crippen LogP contribution < -0.4 is 10.1 Å². The van der Waals surface area contributed by atoms with Crippen molar-refractivity contribution in [3.8, 4) is 5.75 Å². The molecule has 1 amide bonds. The van der Waals surface area contributed by atoms with Gasteiger partial charge in [0.1, 0.15) is 5.75 Å². The van der Waals surface area contributed by atoms with Crippen molar-refractivity contribution in [2.75, 3.05) is 6.54 Å². The van der Waals surface area contributed by atoms with E-state index in [2.05, 4.69) is 5.32 Å². The number of rotatable bonds is 8. The quantitative estimate of drug-likeness (QED) is 0.688. The van der Waals surface area contributed by atoms with Crippen molar-refractivity contribution >= 4 is 29.1 Å². The van der Waals surface area contributed by atoms with Gasteiger partial charge in [0.2, 0.25) is 5.91 Å². The van der Waals surface area contributed by atoms with Crippen molar-refractivity contribution in [3.63, 3.8) is 0 Å². The van der Waals surface area contributed by atoms with Crippen LogP contribution in [0.25, 0.3) is 0 Å². The molecule has 2 rings (SSSR count). The lowest BCUT2D eigenvalue weighted by atomic mass is 10.1. The molecule has 0 saturated heterocycles. The van der Waals surface area contributed by atoms with Crippen LogP contribution in [-0.4, -0.2) is 23.7 Å². The molecule has 26 heavy (non-hydrogen) atoms. The molecule has 2 aromatic carbocycles. The number of ether oxygens (including phenoxy) is 1. The summed E-state index contributed by atoms with van der Waals surface area (Å²) < 4.78 is 5.62. The van der Waals surface area contributed by atoms with Crippen molar-refractivity contribution in [1.82, 2.24) is 5.32 Å². The van der Waals surface area contributed by atoms with Crippen molar-refractivity contribution in [2.24, 2.45) is 0 Å². The maximum Gasteiger partial charge on any atom is 0.220 e. The highest BCUT2D eigenvalue weighted by atomic mass is 35.5. The van der Waals surface area contributed by atoms with Gasteiger partial charge in [-0.25, -0.2) is 0 Å². The van der Waals surface area contributed by atoms with Crippen LogP contribution in [-0.2, 0) is 11.2 Å². The minimum absolute atomic E-state index is 0.0559. The second-order valence-electron chi connectivity index (χ2n) is 6.27. The predicted octanol–water partition coefficient (Wildman–Crippen LogP) is 4.56. The Labute approximate surface area is 164 Å². The fourth-order valence-corrected chi connectivity index (χ4v) is 2.89. The van der Waals surface area contributed by atoms with Gasteiger partial charge in [0, 0.05) is 13.0 Å². The summed E-state index contributed by atoms with van der Waals surface area (Å²) in [5, 5.41) is 14.0. The average molecular weight is 396 g/mol. The lowest BCUT2D eigenvalue weighted by molar-refractivity contribution is -0.121. The largest absolute Gasteiger partial charge is 0.491 e. The molecule has 0 aliphatic carbocycles. The monoisotopic (exact) mass is 395 g/mol. The Balaban J connectivity index is 1.84. The second kappa shape index (κ2) is 9.81. The molecule has 0 aliphatic rings. The lowest BCUT2D eigenvalue weighted by Crippen LogP contribution is -2.28. The first-order valence-electron chi connectivity index (χ1n) is 8.51. The number of halogens is 2. The number of hydrogen-bond donors (Lipinski definition) is 2. The Bertz CT molecular complexity index is 750. The van der Waals surface area contributed by atoms with Gasteiger partial charge in [0.05, 0.1) is 22.3 Å². The zero-order chi connectivity index (χ0) is 19.1. The maximum absolute atomic E-state index is 12.0. The van der Waals surface area contributed by atoms with Gasteiger partial charge in [-0.05, 0) is 49.6 Å². The van der Waals surface area contributed by atoms with Gasteiger partial charge in [-0.15, -0.1) is 0 Å². The number of carbonyl (C=O) groups is 1. The Morgan fingerprint density at radius 1 is 1.19 bits per heavy atom. The van der Waals surface area contributed by atoms with Crippen molar-refractivity contribution in [2.45, 2.75) is 38.9 Å². The molecule has 140 valence electrons. The summed E-state index contributed by atoms with van der Waals surface area (Å²) >= 11 is 12.1. The molecule has 2 N–H and O–H groups in total. The molecule has 0 radical (unpaired) electrons. The standard InChI is InChI=1S/C20H23Cl2NO3/c1-13(2)26-16-7-3-6-15(11-16)18(24)12-23-19(25)10-9-14-5-4-8-17(21)20(14)22/h3-8,11,13,18,24H,9-10,12H2,1-2H3,(H,23,25). The lowest BCUT2D eigenvalue weighted by Gasteiger charge is -2.15. The molecule has 0 heterocycles. The van der Waals surface area contributed by atoms with E-state index in [9.17, 15) is 9.90 Å². The Hall–Kier alpha value is -1.75. The molecule has 0 aromatic heterocycles. The average Bonchev–Trinajstić information content (AvgIpc) is 2.60. The number of benzene rings is 2. The highest BCUT2D eigenvalue weighted by molar-refractivity contribution is 6.42. The molecule has 2 aromatic rings. The summed E-state index contributed by atoms with van der Waals surface area (Å²) in [7, 11) is 0.